The first-order chi connectivity index (χ1) is 8.25. The lowest BCUT2D eigenvalue weighted by Crippen LogP contribution is -2.17. The van der Waals surface area contributed by atoms with Crippen LogP contribution in [0.25, 0.3) is 0 Å². The van der Waals surface area contributed by atoms with Crippen LogP contribution in [0, 0.1) is 12.7 Å². The third kappa shape index (κ3) is 3.39. The largest absolute Gasteiger partial charge is 0.311 e. The van der Waals surface area contributed by atoms with Crippen molar-refractivity contribution in [1.29, 1.82) is 0 Å². The number of aryl methyl sites for hydroxylation is 1. The minimum Gasteiger partial charge on any atom is -0.311 e. The van der Waals surface area contributed by atoms with Gasteiger partial charge in [-0.1, -0.05) is 6.07 Å². The second-order valence-electron chi connectivity index (χ2n) is 4.08. The van der Waals surface area contributed by atoms with Gasteiger partial charge in [0, 0.05) is 18.4 Å². The number of halogens is 1. The molecule has 0 aliphatic heterocycles. The molecule has 0 radical (unpaired) electrons. The minimum absolute atomic E-state index is 0.170. The van der Waals surface area contributed by atoms with Crippen LogP contribution in [0.2, 0.25) is 0 Å². The van der Waals surface area contributed by atoms with Crippen LogP contribution in [0.4, 0.5) is 4.39 Å². The maximum absolute atomic E-state index is 12.9. The summed E-state index contributed by atoms with van der Waals surface area (Å²) in [6.45, 7) is 3.58. The van der Waals surface area contributed by atoms with Crippen molar-refractivity contribution in [2.45, 2.75) is 19.9 Å². The van der Waals surface area contributed by atoms with Crippen molar-refractivity contribution in [3.8, 4) is 0 Å². The Morgan fingerprint density at radius 2 is 2.24 bits per heavy atom. The molecule has 0 aliphatic carbocycles. The number of hydrogen-bond acceptors (Lipinski definition) is 2. The van der Waals surface area contributed by atoms with Gasteiger partial charge in [0.25, 0.3) is 0 Å². The highest BCUT2D eigenvalue weighted by molar-refractivity contribution is 5.26. The monoisotopic (exact) mass is 233 g/mol. The van der Waals surface area contributed by atoms with Crippen LogP contribution >= 0.6 is 0 Å². The van der Waals surface area contributed by atoms with Gasteiger partial charge in [-0.25, -0.2) is 4.39 Å². The molecule has 2 rings (SSSR count). The maximum Gasteiger partial charge on any atom is 0.123 e. The summed E-state index contributed by atoms with van der Waals surface area (Å²) in [5, 5.41) is 10.1. The van der Waals surface area contributed by atoms with Gasteiger partial charge >= 0.3 is 0 Å². The van der Waals surface area contributed by atoms with Crippen LogP contribution in [-0.2, 0) is 13.0 Å². The fourth-order valence-electron chi connectivity index (χ4n) is 1.77. The van der Waals surface area contributed by atoms with Gasteiger partial charge in [-0.05, 0) is 49.2 Å². The first kappa shape index (κ1) is 11.8. The fourth-order valence-corrected chi connectivity index (χ4v) is 1.77. The molecule has 1 aromatic heterocycles. The lowest BCUT2D eigenvalue weighted by atomic mass is 10.1. The summed E-state index contributed by atoms with van der Waals surface area (Å²) >= 11 is 0. The van der Waals surface area contributed by atoms with Crippen molar-refractivity contribution in [3.05, 3.63) is 53.1 Å². The van der Waals surface area contributed by atoms with Crippen molar-refractivity contribution >= 4 is 0 Å². The quantitative estimate of drug-likeness (QED) is 0.777. The highest BCUT2D eigenvalue weighted by Crippen LogP contribution is 2.10. The third-order valence-electron chi connectivity index (χ3n) is 2.75. The number of hydrogen-bond donors (Lipinski definition) is 2. The van der Waals surface area contributed by atoms with Gasteiger partial charge in [-0.2, -0.15) is 5.10 Å². The van der Waals surface area contributed by atoms with Crippen LogP contribution in [0.5, 0.6) is 0 Å². The summed E-state index contributed by atoms with van der Waals surface area (Å²) in [6, 6.07) is 6.88. The van der Waals surface area contributed by atoms with E-state index in [0.29, 0.717) is 0 Å². The molecule has 0 bridgehead atoms. The van der Waals surface area contributed by atoms with E-state index in [9.17, 15) is 4.39 Å². The Balaban J connectivity index is 1.78. The molecule has 2 aromatic rings. The Bertz CT molecular complexity index is 466. The van der Waals surface area contributed by atoms with E-state index in [0.717, 1.165) is 30.8 Å². The summed E-state index contributed by atoms with van der Waals surface area (Å²) < 4.78 is 12.9. The van der Waals surface area contributed by atoms with E-state index in [1.165, 1.54) is 11.6 Å². The fraction of sp³-hybridized carbons (Fsp3) is 0.308. The highest BCUT2D eigenvalue weighted by Gasteiger charge is 2.00. The smallest absolute Gasteiger partial charge is 0.123 e. The third-order valence-corrected chi connectivity index (χ3v) is 2.75. The van der Waals surface area contributed by atoms with E-state index >= 15 is 0 Å². The molecule has 0 unspecified atom stereocenters. The molecule has 90 valence electrons. The second kappa shape index (κ2) is 5.59. The molecule has 0 saturated heterocycles. The molecule has 0 amide bonds. The Labute approximate surface area is 100 Å². The average Bonchev–Trinajstić information content (AvgIpc) is 2.79. The molecular weight excluding hydrogens is 217 g/mol. The molecule has 1 aromatic carbocycles. The summed E-state index contributed by atoms with van der Waals surface area (Å²) in [5.74, 6) is -0.170. The first-order valence-electron chi connectivity index (χ1n) is 5.70. The van der Waals surface area contributed by atoms with E-state index in [1.807, 2.05) is 19.1 Å². The lowest BCUT2D eigenvalue weighted by Gasteiger charge is -2.06. The van der Waals surface area contributed by atoms with Crippen molar-refractivity contribution in [3.63, 3.8) is 0 Å². The summed E-state index contributed by atoms with van der Waals surface area (Å²) in [4.78, 5) is 0. The molecule has 17 heavy (non-hydrogen) atoms. The maximum atomic E-state index is 12.9. The number of aromatic nitrogens is 2. The van der Waals surface area contributed by atoms with Gasteiger partial charge in [-0.15, -0.1) is 0 Å². The van der Waals surface area contributed by atoms with Gasteiger partial charge in [0.05, 0.1) is 0 Å². The molecule has 2 N–H and O–H groups in total. The molecule has 0 spiro atoms. The molecule has 0 fully saturated rings. The Hall–Kier alpha value is -1.68. The zero-order chi connectivity index (χ0) is 12.1. The predicted octanol–water partition coefficient (Wildman–Crippen LogP) is 2.19. The minimum atomic E-state index is -0.170. The number of nitrogens with zero attached hydrogens (tertiary/aromatic N) is 1. The second-order valence-corrected chi connectivity index (χ2v) is 4.08. The van der Waals surface area contributed by atoms with Gasteiger partial charge in [0.2, 0.25) is 0 Å². The molecule has 0 saturated carbocycles. The first-order valence-corrected chi connectivity index (χ1v) is 5.70. The van der Waals surface area contributed by atoms with E-state index in [4.69, 9.17) is 0 Å². The molecule has 1 heterocycles. The van der Waals surface area contributed by atoms with E-state index in [1.54, 1.807) is 12.3 Å². The molecule has 0 aliphatic rings. The summed E-state index contributed by atoms with van der Waals surface area (Å²) in [6.07, 6.45) is 2.64. The van der Waals surface area contributed by atoms with Crippen LogP contribution in [-0.4, -0.2) is 16.7 Å². The van der Waals surface area contributed by atoms with E-state index in [2.05, 4.69) is 15.5 Å². The van der Waals surface area contributed by atoms with Gasteiger partial charge in [0.15, 0.2) is 0 Å². The van der Waals surface area contributed by atoms with Crippen LogP contribution in [0.15, 0.2) is 30.5 Å². The normalized spacial score (nSPS) is 10.7. The molecule has 0 atom stereocenters. The number of rotatable bonds is 5. The Morgan fingerprint density at radius 1 is 1.35 bits per heavy atom. The lowest BCUT2D eigenvalue weighted by molar-refractivity contribution is 0.624. The zero-order valence-corrected chi connectivity index (χ0v) is 9.83. The van der Waals surface area contributed by atoms with E-state index in [-0.39, 0.29) is 5.82 Å². The SMILES string of the molecule is Cc1cc(F)ccc1CCNCc1ccn[nH]1. The van der Waals surface area contributed by atoms with Gasteiger partial charge in [0.1, 0.15) is 5.82 Å². The Kier molecular flexibility index (Phi) is 3.88. The molecular formula is C13H16FN3. The van der Waals surface area contributed by atoms with Crippen molar-refractivity contribution in [2.24, 2.45) is 0 Å². The molecule has 3 nitrogen and oxygen atoms in total. The van der Waals surface area contributed by atoms with Crippen molar-refractivity contribution in [2.75, 3.05) is 6.54 Å². The highest BCUT2D eigenvalue weighted by atomic mass is 19.1. The number of aromatic amines is 1. The number of nitrogens with one attached hydrogen (secondary N) is 2. The standard InChI is InChI=1S/C13H16FN3/c1-10-8-12(14)3-2-11(10)4-6-15-9-13-5-7-16-17-13/h2-3,5,7-8,15H,4,6,9H2,1H3,(H,16,17). The summed E-state index contributed by atoms with van der Waals surface area (Å²) in [7, 11) is 0. The van der Waals surface area contributed by atoms with Crippen LogP contribution < -0.4 is 5.32 Å². The topological polar surface area (TPSA) is 40.7 Å². The number of H-pyrrole nitrogens is 1. The van der Waals surface area contributed by atoms with Crippen molar-refractivity contribution < 1.29 is 4.39 Å². The molecule has 4 heteroatoms. The predicted molar refractivity (Wildman–Crippen MR) is 65.1 cm³/mol. The van der Waals surface area contributed by atoms with E-state index < -0.39 is 0 Å². The van der Waals surface area contributed by atoms with Crippen LogP contribution in [0.1, 0.15) is 16.8 Å². The van der Waals surface area contributed by atoms with Crippen molar-refractivity contribution in [1.82, 2.24) is 15.5 Å². The average molecular weight is 233 g/mol. The summed E-state index contributed by atoms with van der Waals surface area (Å²) in [5.41, 5.74) is 3.26. The van der Waals surface area contributed by atoms with Crippen LogP contribution in [0.3, 0.4) is 0 Å². The zero-order valence-electron chi connectivity index (χ0n) is 9.83. The number of benzene rings is 1. The van der Waals surface area contributed by atoms with Gasteiger partial charge in [-0.3, -0.25) is 5.10 Å². The Morgan fingerprint density at radius 3 is 2.94 bits per heavy atom. The van der Waals surface area contributed by atoms with Gasteiger partial charge < -0.3 is 5.32 Å².